The van der Waals surface area contributed by atoms with Crippen LogP contribution in [0.1, 0.15) is 56.6 Å². The fourth-order valence-electron chi connectivity index (χ4n) is 6.16. The number of nitrogens with one attached hydrogen (secondary N) is 1. The van der Waals surface area contributed by atoms with Gasteiger partial charge in [0.1, 0.15) is 5.82 Å². The number of anilines is 1. The first-order chi connectivity index (χ1) is 18.5. The van der Waals surface area contributed by atoms with E-state index in [0.29, 0.717) is 12.0 Å². The highest BCUT2D eigenvalue weighted by molar-refractivity contribution is 5.73. The molecule has 0 radical (unpaired) electrons. The van der Waals surface area contributed by atoms with Crippen LogP contribution < -0.4 is 10.2 Å². The third kappa shape index (κ3) is 7.06. The Balaban J connectivity index is 1.14. The van der Waals surface area contributed by atoms with E-state index in [9.17, 15) is 4.79 Å². The summed E-state index contributed by atoms with van der Waals surface area (Å²) >= 11 is 0. The third-order valence-corrected chi connectivity index (χ3v) is 8.71. The summed E-state index contributed by atoms with van der Waals surface area (Å²) in [6.07, 6.45) is 8.05. The van der Waals surface area contributed by atoms with Gasteiger partial charge >= 0.3 is 6.03 Å². The van der Waals surface area contributed by atoms with Crippen molar-refractivity contribution < 1.29 is 9.53 Å². The Hall–Kier alpha value is -2.64. The van der Waals surface area contributed by atoms with Crippen molar-refractivity contribution in [2.75, 3.05) is 64.9 Å². The van der Waals surface area contributed by atoms with E-state index in [2.05, 4.69) is 57.6 Å². The maximum atomic E-state index is 11.9. The van der Waals surface area contributed by atoms with Crippen LogP contribution in [0, 0.1) is 5.92 Å². The van der Waals surface area contributed by atoms with Gasteiger partial charge in [-0.05, 0) is 80.7 Å². The molecule has 0 atom stereocenters. The van der Waals surface area contributed by atoms with E-state index in [1.54, 1.807) is 4.90 Å². The summed E-state index contributed by atoms with van der Waals surface area (Å²) in [5.41, 5.74) is 3.76. The number of piperazine rings is 1. The van der Waals surface area contributed by atoms with Crippen LogP contribution in [0.3, 0.4) is 0 Å². The Bertz CT molecular complexity index is 1020. The standard InChI is InChI=1S/C31H45N5O2/c1-34(2)31(37)32-28-10-8-24(9-11-28)12-15-35-16-18-36(19-17-35)30-23-27(25-6-4-3-5-7-25)22-29(33-30)26-13-20-38-21-14-26/h3-7,22-24,26,28H,8-21H2,1-2H3,(H,32,37). The van der Waals surface area contributed by atoms with E-state index in [-0.39, 0.29) is 6.03 Å². The zero-order chi connectivity index (χ0) is 26.3. The number of ether oxygens (including phenoxy) is 1. The lowest BCUT2D eigenvalue weighted by molar-refractivity contribution is 0.0845. The summed E-state index contributed by atoms with van der Waals surface area (Å²) < 4.78 is 5.63. The third-order valence-electron chi connectivity index (χ3n) is 8.71. The van der Waals surface area contributed by atoms with E-state index in [1.165, 1.54) is 42.6 Å². The first-order valence-corrected chi connectivity index (χ1v) is 14.7. The predicted octanol–water partition coefficient (Wildman–Crippen LogP) is 4.98. The largest absolute Gasteiger partial charge is 0.381 e. The van der Waals surface area contributed by atoms with Crippen LogP contribution in [-0.2, 0) is 4.74 Å². The lowest BCUT2D eigenvalue weighted by Gasteiger charge is -2.37. The van der Waals surface area contributed by atoms with Crippen LogP contribution in [0.25, 0.3) is 11.1 Å². The van der Waals surface area contributed by atoms with Crippen molar-refractivity contribution in [1.29, 1.82) is 0 Å². The molecule has 1 N–H and O–H groups in total. The summed E-state index contributed by atoms with van der Waals surface area (Å²) in [4.78, 5) is 23.9. The summed E-state index contributed by atoms with van der Waals surface area (Å²) in [5.74, 6) is 2.40. The molecule has 1 aromatic heterocycles. The summed E-state index contributed by atoms with van der Waals surface area (Å²) in [5, 5.41) is 3.16. The molecule has 2 saturated heterocycles. The minimum atomic E-state index is 0.0370. The molecule has 3 fully saturated rings. The second kappa shape index (κ2) is 12.9. The molecule has 7 nitrogen and oxygen atoms in total. The highest BCUT2D eigenvalue weighted by Crippen LogP contribution is 2.32. The van der Waals surface area contributed by atoms with Gasteiger partial charge in [0.2, 0.25) is 0 Å². The van der Waals surface area contributed by atoms with Crippen LogP contribution in [0.5, 0.6) is 0 Å². The first-order valence-electron chi connectivity index (χ1n) is 14.7. The summed E-state index contributed by atoms with van der Waals surface area (Å²) in [7, 11) is 3.61. The van der Waals surface area contributed by atoms with Crippen molar-refractivity contribution in [2.24, 2.45) is 5.92 Å². The van der Waals surface area contributed by atoms with E-state index < -0.39 is 0 Å². The first kappa shape index (κ1) is 26.9. The molecule has 1 aromatic carbocycles. The van der Waals surface area contributed by atoms with E-state index in [0.717, 1.165) is 76.8 Å². The Morgan fingerprint density at radius 1 is 0.947 bits per heavy atom. The van der Waals surface area contributed by atoms with Gasteiger partial charge in [-0.3, -0.25) is 4.90 Å². The van der Waals surface area contributed by atoms with Crippen LogP contribution in [0.15, 0.2) is 42.5 Å². The van der Waals surface area contributed by atoms with Crippen molar-refractivity contribution >= 4 is 11.8 Å². The fourth-order valence-corrected chi connectivity index (χ4v) is 6.16. The molecule has 38 heavy (non-hydrogen) atoms. The number of hydrogen-bond donors (Lipinski definition) is 1. The Kier molecular flexibility index (Phi) is 9.18. The Labute approximate surface area is 228 Å². The van der Waals surface area contributed by atoms with Crippen LogP contribution in [0.4, 0.5) is 10.6 Å². The predicted molar refractivity (Wildman–Crippen MR) is 154 cm³/mol. The number of nitrogens with zero attached hydrogens (tertiary/aromatic N) is 4. The second-order valence-corrected chi connectivity index (χ2v) is 11.6. The molecule has 7 heteroatoms. The quantitative estimate of drug-likeness (QED) is 0.559. The number of amides is 2. The van der Waals surface area contributed by atoms with Crippen LogP contribution in [0.2, 0.25) is 0 Å². The van der Waals surface area contributed by atoms with E-state index >= 15 is 0 Å². The molecule has 2 aliphatic heterocycles. The number of hydrogen-bond acceptors (Lipinski definition) is 5. The molecular weight excluding hydrogens is 474 g/mol. The van der Waals surface area contributed by atoms with Crippen LogP contribution in [-0.4, -0.2) is 86.9 Å². The molecule has 5 rings (SSSR count). The molecule has 1 saturated carbocycles. The molecule has 2 amide bonds. The van der Waals surface area contributed by atoms with Gasteiger partial charge in [0.25, 0.3) is 0 Å². The molecular formula is C31H45N5O2. The van der Waals surface area contributed by atoms with Gasteiger partial charge in [0.05, 0.1) is 0 Å². The number of rotatable bonds is 7. The lowest BCUT2D eigenvalue weighted by atomic mass is 9.84. The minimum absolute atomic E-state index is 0.0370. The molecule has 0 bridgehead atoms. The van der Waals surface area contributed by atoms with Gasteiger partial charge in [-0.15, -0.1) is 0 Å². The van der Waals surface area contributed by atoms with Gasteiger partial charge in [0, 0.05) is 71.1 Å². The molecule has 206 valence electrons. The van der Waals surface area contributed by atoms with Crippen molar-refractivity contribution in [3.8, 4) is 11.1 Å². The van der Waals surface area contributed by atoms with Crippen molar-refractivity contribution in [3.63, 3.8) is 0 Å². The minimum Gasteiger partial charge on any atom is -0.381 e. The average Bonchev–Trinajstić information content (AvgIpc) is 2.97. The van der Waals surface area contributed by atoms with Crippen molar-refractivity contribution in [1.82, 2.24) is 20.1 Å². The van der Waals surface area contributed by atoms with Gasteiger partial charge in [-0.1, -0.05) is 30.3 Å². The van der Waals surface area contributed by atoms with Crippen molar-refractivity contribution in [2.45, 2.75) is 56.9 Å². The summed E-state index contributed by atoms with van der Waals surface area (Å²) in [6, 6.07) is 15.7. The average molecular weight is 520 g/mol. The molecule has 0 unspecified atom stereocenters. The van der Waals surface area contributed by atoms with Crippen LogP contribution >= 0.6 is 0 Å². The second-order valence-electron chi connectivity index (χ2n) is 11.6. The topological polar surface area (TPSA) is 60.9 Å². The monoisotopic (exact) mass is 519 g/mol. The van der Waals surface area contributed by atoms with Gasteiger partial charge < -0.3 is 19.9 Å². The number of carbonyl (C=O) groups excluding carboxylic acids is 1. The maximum Gasteiger partial charge on any atom is 0.317 e. The zero-order valence-corrected chi connectivity index (χ0v) is 23.3. The van der Waals surface area contributed by atoms with Crippen molar-refractivity contribution in [3.05, 3.63) is 48.2 Å². The zero-order valence-electron chi connectivity index (χ0n) is 23.3. The normalized spacial score (nSPS) is 23.3. The number of aromatic nitrogens is 1. The lowest BCUT2D eigenvalue weighted by Crippen LogP contribution is -2.47. The number of urea groups is 1. The number of carbonyl (C=O) groups is 1. The number of pyridine rings is 1. The Morgan fingerprint density at radius 2 is 1.66 bits per heavy atom. The molecule has 3 heterocycles. The van der Waals surface area contributed by atoms with E-state index in [4.69, 9.17) is 9.72 Å². The smallest absolute Gasteiger partial charge is 0.317 e. The summed E-state index contributed by atoms with van der Waals surface area (Å²) in [6.45, 7) is 7.10. The van der Waals surface area contributed by atoms with Gasteiger partial charge in [-0.2, -0.15) is 0 Å². The molecule has 0 spiro atoms. The SMILES string of the molecule is CN(C)C(=O)NC1CCC(CCN2CCN(c3cc(-c4ccccc4)cc(C4CCOCC4)n3)CC2)CC1. The number of benzene rings is 1. The van der Waals surface area contributed by atoms with E-state index in [1.807, 2.05) is 14.1 Å². The highest BCUT2D eigenvalue weighted by atomic mass is 16.5. The molecule has 3 aliphatic rings. The maximum absolute atomic E-state index is 11.9. The Morgan fingerprint density at radius 3 is 2.34 bits per heavy atom. The highest BCUT2D eigenvalue weighted by Gasteiger charge is 2.25. The van der Waals surface area contributed by atoms with Gasteiger partial charge in [0.15, 0.2) is 0 Å². The molecule has 1 aliphatic carbocycles. The fraction of sp³-hybridized carbons (Fsp3) is 0.613. The molecule has 2 aromatic rings. The van der Waals surface area contributed by atoms with Gasteiger partial charge in [-0.25, -0.2) is 9.78 Å².